The molecule has 0 aromatic heterocycles. The van der Waals surface area contributed by atoms with Crippen LogP contribution in [-0.2, 0) is 11.4 Å². The first-order chi connectivity index (χ1) is 17.4. The average molecular weight is 519 g/mol. The van der Waals surface area contributed by atoms with Gasteiger partial charge in [-0.15, -0.1) is 0 Å². The number of aryl methyl sites for hydroxylation is 2. The molecule has 0 unspecified atom stereocenters. The standard InChI is InChI=1S/C28H26N2O4S2/c1-4-33-24-15-21(13-14-23(24)34-17-20-11-9-18(2)10-12-20)16-25-27(32)30(28(35)36-25)29-26(31)22-8-6-5-7-19(22)3/h5-16H,4,17H2,1-3H3,(H,29,31)/b25-16-. The third-order valence-electron chi connectivity index (χ3n) is 5.48. The van der Waals surface area contributed by atoms with Crippen LogP contribution in [0.5, 0.6) is 11.5 Å². The number of nitrogens with one attached hydrogen (secondary N) is 1. The van der Waals surface area contributed by atoms with E-state index in [1.165, 1.54) is 5.56 Å². The second kappa shape index (κ2) is 11.4. The number of amides is 2. The number of hydrazine groups is 1. The molecular formula is C28H26N2O4S2. The Balaban J connectivity index is 1.49. The van der Waals surface area contributed by atoms with E-state index < -0.39 is 0 Å². The van der Waals surface area contributed by atoms with Crippen LogP contribution in [0.3, 0.4) is 0 Å². The van der Waals surface area contributed by atoms with E-state index in [1.54, 1.807) is 18.2 Å². The molecule has 1 saturated heterocycles. The molecule has 3 aromatic carbocycles. The van der Waals surface area contributed by atoms with Crippen LogP contribution in [0.2, 0.25) is 0 Å². The van der Waals surface area contributed by atoms with Gasteiger partial charge in [0, 0.05) is 5.56 Å². The Kier molecular flexibility index (Phi) is 8.07. The number of carbonyl (C=O) groups excluding carboxylic acids is 2. The van der Waals surface area contributed by atoms with Crippen molar-refractivity contribution in [1.29, 1.82) is 0 Å². The molecule has 0 bridgehead atoms. The van der Waals surface area contributed by atoms with Gasteiger partial charge in [-0.2, -0.15) is 5.01 Å². The number of ether oxygens (including phenoxy) is 2. The second-order valence-electron chi connectivity index (χ2n) is 8.19. The molecule has 0 radical (unpaired) electrons. The van der Waals surface area contributed by atoms with Gasteiger partial charge in [-0.3, -0.25) is 15.0 Å². The lowest BCUT2D eigenvalue weighted by molar-refractivity contribution is -0.123. The molecule has 36 heavy (non-hydrogen) atoms. The molecule has 184 valence electrons. The summed E-state index contributed by atoms with van der Waals surface area (Å²) in [6, 6.07) is 20.8. The Morgan fingerprint density at radius 2 is 1.78 bits per heavy atom. The Hall–Kier alpha value is -3.62. The molecule has 0 spiro atoms. The van der Waals surface area contributed by atoms with E-state index in [1.807, 2.05) is 75.4 Å². The second-order valence-corrected chi connectivity index (χ2v) is 9.86. The van der Waals surface area contributed by atoms with Gasteiger partial charge in [0.2, 0.25) is 0 Å². The van der Waals surface area contributed by atoms with Crippen molar-refractivity contribution in [1.82, 2.24) is 10.4 Å². The van der Waals surface area contributed by atoms with Crippen LogP contribution < -0.4 is 14.9 Å². The van der Waals surface area contributed by atoms with Crippen LogP contribution in [0.1, 0.15) is 39.5 Å². The van der Waals surface area contributed by atoms with Crippen molar-refractivity contribution in [3.8, 4) is 11.5 Å². The SMILES string of the molecule is CCOc1cc(/C=C2\SC(=S)N(NC(=O)c3ccccc3C)C2=O)ccc1OCc1ccc(C)cc1. The average Bonchev–Trinajstić information content (AvgIpc) is 3.12. The first kappa shape index (κ1) is 25.5. The normalized spacial score (nSPS) is 14.3. The number of hydrogen-bond donors (Lipinski definition) is 1. The molecule has 1 heterocycles. The van der Waals surface area contributed by atoms with Gasteiger partial charge in [0.15, 0.2) is 15.8 Å². The summed E-state index contributed by atoms with van der Waals surface area (Å²) in [4.78, 5) is 26.1. The molecule has 1 aliphatic heterocycles. The van der Waals surface area contributed by atoms with Crippen LogP contribution in [0, 0.1) is 13.8 Å². The minimum Gasteiger partial charge on any atom is -0.490 e. The maximum Gasteiger partial charge on any atom is 0.285 e. The Morgan fingerprint density at radius 1 is 1.03 bits per heavy atom. The maximum atomic E-state index is 13.0. The summed E-state index contributed by atoms with van der Waals surface area (Å²) in [7, 11) is 0. The molecule has 1 N–H and O–H groups in total. The van der Waals surface area contributed by atoms with Crippen molar-refractivity contribution in [2.75, 3.05) is 6.61 Å². The molecule has 1 aliphatic rings. The van der Waals surface area contributed by atoms with E-state index in [4.69, 9.17) is 21.7 Å². The largest absolute Gasteiger partial charge is 0.490 e. The zero-order valence-corrected chi connectivity index (χ0v) is 21.9. The third-order valence-corrected chi connectivity index (χ3v) is 6.78. The monoisotopic (exact) mass is 518 g/mol. The summed E-state index contributed by atoms with van der Waals surface area (Å²) in [6.45, 7) is 6.67. The van der Waals surface area contributed by atoms with E-state index >= 15 is 0 Å². The first-order valence-corrected chi connectivity index (χ1v) is 12.7. The lowest BCUT2D eigenvalue weighted by Crippen LogP contribution is -2.45. The van der Waals surface area contributed by atoms with Crippen molar-refractivity contribution in [3.63, 3.8) is 0 Å². The van der Waals surface area contributed by atoms with Gasteiger partial charge in [-0.25, -0.2) is 0 Å². The van der Waals surface area contributed by atoms with E-state index in [-0.39, 0.29) is 16.1 Å². The van der Waals surface area contributed by atoms with Gasteiger partial charge in [0.1, 0.15) is 6.61 Å². The van der Waals surface area contributed by atoms with Crippen molar-refractivity contribution in [3.05, 3.63) is 99.5 Å². The molecule has 0 atom stereocenters. The number of rotatable bonds is 8. The highest BCUT2D eigenvalue weighted by Gasteiger charge is 2.34. The predicted octanol–water partition coefficient (Wildman–Crippen LogP) is 5.83. The smallest absolute Gasteiger partial charge is 0.285 e. The van der Waals surface area contributed by atoms with Crippen LogP contribution >= 0.6 is 24.0 Å². The van der Waals surface area contributed by atoms with Gasteiger partial charge in [0.25, 0.3) is 11.8 Å². The molecule has 0 saturated carbocycles. The predicted molar refractivity (Wildman–Crippen MR) is 147 cm³/mol. The summed E-state index contributed by atoms with van der Waals surface area (Å²) >= 11 is 6.49. The molecule has 1 fully saturated rings. The third kappa shape index (κ3) is 5.95. The van der Waals surface area contributed by atoms with Crippen molar-refractivity contribution in [2.24, 2.45) is 0 Å². The minimum absolute atomic E-state index is 0.260. The van der Waals surface area contributed by atoms with Gasteiger partial charge in [0.05, 0.1) is 11.5 Å². The molecule has 8 heteroatoms. The fourth-order valence-corrected chi connectivity index (χ4v) is 4.73. The lowest BCUT2D eigenvalue weighted by atomic mass is 10.1. The Morgan fingerprint density at radius 3 is 2.50 bits per heavy atom. The van der Waals surface area contributed by atoms with Gasteiger partial charge in [-0.1, -0.05) is 65.9 Å². The Bertz CT molecular complexity index is 1340. The van der Waals surface area contributed by atoms with Crippen LogP contribution in [-0.4, -0.2) is 27.8 Å². The maximum absolute atomic E-state index is 13.0. The fourth-order valence-electron chi connectivity index (χ4n) is 3.55. The summed E-state index contributed by atoms with van der Waals surface area (Å²) in [5, 5.41) is 1.11. The molecule has 4 rings (SSSR count). The number of carbonyl (C=O) groups is 2. The summed E-state index contributed by atoms with van der Waals surface area (Å²) in [5.74, 6) is 0.429. The molecule has 3 aromatic rings. The van der Waals surface area contributed by atoms with E-state index in [2.05, 4.69) is 5.43 Å². The highest BCUT2D eigenvalue weighted by Crippen LogP contribution is 2.34. The van der Waals surface area contributed by atoms with Crippen molar-refractivity contribution >= 4 is 46.2 Å². The Labute approximate surface area is 220 Å². The first-order valence-electron chi connectivity index (χ1n) is 11.5. The summed E-state index contributed by atoms with van der Waals surface area (Å²) in [6.07, 6.45) is 1.73. The number of nitrogens with zero attached hydrogens (tertiary/aromatic N) is 1. The lowest BCUT2D eigenvalue weighted by Gasteiger charge is -2.16. The van der Waals surface area contributed by atoms with Gasteiger partial charge < -0.3 is 9.47 Å². The molecule has 2 amide bonds. The van der Waals surface area contributed by atoms with E-state index in [0.29, 0.717) is 35.2 Å². The van der Waals surface area contributed by atoms with E-state index in [9.17, 15) is 9.59 Å². The molecule has 0 aliphatic carbocycles. The van der Waals surface area contributed by atoms with Gasteiger partial charge >= 0.3 is 0 Å². The quantitative estimate of drug-likeness (QED) is 0.299. The van der Waals surface area contributed by atoms with Crippen LogP contribution in [0.25, 0.3) is 6.08 Å². The van der Waals surface area contributed by atoms with Crippen LogP contribution in [0.15, 0.2) is 71.6 Å². The topological polar surface area (TPSA) is 67.9 Å². The minimum atomic E-state index is -0.389. The van der Waals surface area contributed by atoms with E-state index in [0.717, 1.165) is 33.5 Å². The highest BCUT2D eigenvalue weighted by molar-refractivity contribution is 8.26. The molecule has 6 nitrogen and oxygen atoms in total. The number of thioether (sulfide) groups is 1. The number of hydrogen-bond acceptors (Lipinski definition) is 6. The van der Waals surface area contributed by atoms with Crippen molar-refractivity contribution in [2.45, 2.75) is 27.4 Å². The van der Waals surface area contributed by atoms with Crippen molar-refractivity contribution < 1.29 is 19.1 Å². The highest BCUT2D eigenvalue weighted by atomic mass is 32.2. The molecular weight excluding hydrogens is 492 g/mol. The number of thiocarbonyl (C=S) groups is 1. The fraction of sp³-hybridized carbons (Fsp3) is 0.179. The zero-order chi connectivity index (χ0) is 25.7. The summed E-state index contributed by atoms with van der Waals surface area (Å²) in [5.41, 5.74) is 6.93. The number of benzene rings is 3. The zero-order valence-electron chi connectivity index (χ0n) is 20.2. The van der Waals surface area contributed by atoms with Gasteiger partial charge in [-0.05, 0) is 74.0 Å². The summed E-state index contributed by atoms with van der Waals surface area (Å²) < 4.78 is 12.0. The van der Waals surface area contributed by atoms with Crippen LogP contribution in [0.4, 0.5) is 0 Å².